The number of halogens is 1. The number of rotatable bonds is 6. The number of carbonyl (C=O) groups is 1. The summed E-state index contributed by atoms with van der Waals surface area (Å²) in [5, 5.41) is 10.4. The van der Waals surface area contributed by atoms with Gasteiger partial charge in [0.15, 0.2) is 5.96 Å². The number of aliphatic imine (C=N–C) groups is 1. The lowest BCUT2D eigenvalue weighted by atomic mass is 10.0. The molecular formula is C21H35ClN6O2. The van der Waals surface area contributed by atoms with Crippen molar-refractivity contribution in [1.82, 2.24) is 20.9 Å². The fourth-order valence-electron chi connectivity index (χ4n) is 3.19. The Bertz CT molecular complexity index is 734. The van der Waals surface area contributed by atoms with Gasteiger partial charge in [-0.25, -0.2) is 9.78 Å². The quantitative estimate of drug-likeness (QED) is 0.467. The lowest BCUT2D eigenvalue weighted by Gasteiger charge is -2.27. The Morgan fingerprint density at radius 3 is 2.77 bits per heavy atom. The molecule has 1 aromatic heterocycles. The fourth-order valence-corrected chi connectivity index (χ4v) is 3.43. The molecule has 1 aromatic rings. The van der Waals surface area contributed by atoms with Gasteiger partial charge in [0.1, 0.15) is 11.4 Å². The molecule has 0 spiro atoms. The predicted molar refractivity (Wildman–Crippen MR) is 122 cm³/mol. The molecule has 2 heterocycles. The number of guanidine groups is 1. The Morgan fingerprint density at radius 1 is 1.43 bits per heavy atom. The van der Waals surface area contributed by atoms with Gasteiger partial charge in [0.05, 0.1) is 11.1 Å². The third kappa shape index (κ3) is 7.55. The van der Waals surface area contributed by atoms with Crippen LogP contribution in [0.25, 0.3) is 0 Å². The van der Waals surface area contributed by atoms with Crippen LogP contribution < -0.4 is 20.9 Å². The average molecular weight is 439 g/mol. The van der Waals surface area contributed by atoms with E-state index in [2.05, 4.69) is 44.7 Å². The molecule has 1 aliphatic rings. The standard InChI is InChI=1S/C21H35ClN6O2/c1-14(2)17(27-20(29)30-21(3,4)5)12-25-19(23-6)26-15-9-11-28(13-15)18-16(22)8-7-10-24-18/h7-8,10,14-15,17H,9,11-13H2,1-6H3,(H,27,29)(H2,23,25,26). The summed E-state index contributed by atoms with van der Waals surface area (Å²) in [5.41, 5.74) is -0.526. The number of nitrogens with one attached hydrogen (secondary N) is 3. The highest BCUT2D eigenvalue weighted by molar-refractivity contribution is 6.32. The number of carbonyl (C=O) groups excluding carboxylic acids is 1. The van der Waals surface area contributed by atoms with Gasteiger partial charge < -0.3 is 25.6 Å². The summed E-state index contributed by atoms with van der Waals surface area (Å²) in [7, 11) is 1.74. The van der Waals surface area contributed by atoms with Crippen molar-refractivity contribution < 1.29 is 9.53 Å². The molecule has 1 fully saturated rings. The molecule has 9 heteroatoms. The zero-order chi connectivity index (χ0) is 22.3. The predicted octanol–water partition coefficient (Wildman–Crippen LogP) is 3.03. The SMILES string of the molecule is CN=C(NCC(NC(=O)OC(C)(C)C)C(C)C)NC1CCN(c2ncccc2Cl)C1. The van der Waals surface area contributed by atoms with Crippen molar-refractivity contribution >= 4 is 29.5 Å². The zero-order valence-electron chi connectivity index (χ0n) is 18.8. The maximum atomic E-state index is 12.1. The summed E-state index contributed by atoms with van der Waals surface area (Å²) >= 11 is 6.28. The van der Waals surface area contributed by atoms with Crippen molar-refractivity contribution in [2.45, 2.75) is 58.7 Å². The van der Waals surface area contributed by atoms with Crippen molar-refractivity contribution in [3.63, 3.8) is 0 Å². The molecule has 1 saturated heterocycles. The summed E-state index contributed by atoms with van der Waals surface area (Å²) in [6, 6.07) is 3.82. The second kappa shape index (κ2) is 10.7. The minimum absolute atomic E-state index is 0.0919. The number of ether oxygens (including phenoxy) is 1. The van der Waals surface area contributed by atoms with Gasteiger partial charge >= 0.3 is 6.09 Å². The molecule has 1 aliphatic heterocycles. The van der Waals surface area contributed by atoms with Crippen molar-refractivity contribution in [3.05, 3.63) is 23.4 Å². The zero-order valence-corrected chi connectivity index (χ0v) is 19.6. The molecule has 2 unspecified atom stereocenters. The third-order valence-corrected chi connectivity index (χ3v) is 5.08. The van der Waals surface area contributed by atoms with E-state index in [9.17, 15) is 4.79 Å². The second-order valence-electron chi connectivity index (χ2n) is 8.83. The topological polar surface area (TPSA) is 90.9 Å². The summed E-state index contributed by atoms with van der Waals surface area (Å²) in [4.78, 5) is 23.0. The number of hydrogen-bond acceptors (Lipinski definition) is 5. The second-order valence-corrected chi connectivity index (χ2v) is 9.24. The molecule has 0 saturated carbocycles. The van der Waals surface area contributed by atoms with Crippen molar-refractivity contribution in [2.24, 2.45) is 10.9 Å². The highest BCUT2D eigenvalue weighted by Crippen LogP contribution is 2.25. The molecule has 0 aromatic carbocycles. The lowest BCUT2D eigenvalue weighted by Crippen LogP contribution is -2.52. The largest absolute Gasteiger partial charge is 0.444 e. The fraction of sp³-hybridized carbons (Fsp3) is 0.667. The maximum Gasteiger partial charge on any atom is 0.407 e. The first kappa shape index (κ1) is 24.1. The Kier molecular flexibility index (Phi) is 8.58. The Morgan fingerprint density at radius 2 is 2.17 bits per heavy atom. The van der Waals surface area contributed by atoms with Gasteiger partial charge in [0, 0.05) is 38.9 Å². The van der Waals surface area contributed by atoms with E-state index in [-0.39, 0.29) is 18.0 Å². The Balaban J connectivity index is 1.86. The van der Waals surface area contributed by atoms with Crippen LogP contribution in [0.3, 0.4) is 0 Å². The van der Waals surface area contributed by atoms with Crippen LogP contribution in [-0.4, -0.2) is 61.4 Å². The first-order valence-corrected chi connectivity index (χ1v) is 10.8. The van der Waals surface area contributed by atoms with E-state index in [1.807, 2.05) is 32.9 Å². The summed E-state index contributed by atoms with van der Waals surface area (Å²) in [5.74, 6) is 1.75. The number of anilines is 1. The molecule has 0 radical (unpaired) electrons. The average Bonchev–Trinajstić information content (AvgIpc) is 3.10. The van der Waals surface area contributed by atoms with Gasteiger partial charge in [0.2, 0.25) is 0 Å². The first-order chi connectivity index (χ1) is 14.1. The highest BCUT2D eigenvalue weighted by Gasteiger charge is 2.26. The maximum absolute atomic E-state index is 12.1. The number of nitrogens with zero attached hydrogens (tertiary/aromatic N) is 3. The van der Waals surface area contributed by atoms with Crippen LogP contribution in [0.2, 0.25) is 5.02 Å². The van der Waals surface area contributed by atoms with Crippen LogP contribution in [0.4, 0.5) is 10.6 Å². The van der Waals surface area contributed by atoms with E-state index >= 15 is 0 Å². The van der Waals surface area contributed by atoms with E-state index in [4.69, 9.17) is 16.3 Å². The molecule has 3 N–H and O–H groups in total. The van der Waals surface area contributed by atoms with Crippen LogP contribution in [0, 0.1) is 5.92 Å². The monoisotopic (exact) mass is 438 g/mol. The van der Waals surface area contributed by atoms with Gasteiger partial charge in [0.25, 0.3) is 0 Å². The van der Waals surface area contributed by atoms with E-state index in [0.717, 1.165) is 25.3 Å². The molecule has 168 valence electrons. The molecule has 2 atom stereocenters. The first-order valence-electron chi connectivity index (χ1n) is 10.4. The minimum Gasteiger partial charge on any atom is -0.444 e. The molecule has 30 heavy (non-hydrogen) atoms. The van der Waals surface area contributed by atoms with Crippen LogP contribution in [0.15, 0.2) is 23.3 Å². The third-order valence-electron chi connectivity index (χ3n) is 4.79. The molecular weight excluding hydrogens is 404 g/mol. The van der Waals surface area contributed by atoms with Crippen LogP contribution in [-0.2, 0) is 4.74 Å². The van der Waals surface area contributed by atoms with Crippen molar-refractivity contribution in [1.29, 1.82) is 0 Å². The van der Waals surface area contributed by atoms with Crippen LogP contribution in [0.1, 0.15) is 41.0 Å². The molecule has 2 rings (SSSR count). The van der Waals surface area contributed by atoms with Gasteiger partial charge in [-0.3, -0.25) is 4.99 Å². The van der Waals surface area contributed by atoms with Crippen LogP contribution in [0.5, 0.6) is 0 Å². The molecule has 0 bridgehead atoms. The summed E-state index contributed by atoms with van der Waals surface area (Å²) < 4.78 is 5.38. The van der Waals surface area contributed by atoms with Gasteiger partial charge in [-0.05, 0) is 45.2 Å². The summed E-state index contributed by atoms with van der Waals surface area (Å²) in [6.45, 7) is 11.9. The minimum atomic E-state index is -0.526. The molecule has 0 aliphatic carbocycles. The number of hydrogen-bond donors (Lipinski definition) is 3. The summed E-state index contributed by atoms with van der Waals surface area (Å²) in [6.07, 6.45) is 2.30. The Hall–Kier alpha value is -2.22. The van der Waals surface area contributed by atoms with E-state index < -0.39 is 11.7 Å². The van der Waals surface area contributed by atoms with E-state index in [1.54, 1.807) is 13.2 Å². The lowest BCUT2D eigenvalue weighted by molar-refractivity contribution is 0.0491. The number of aromatic nitrogens is 1. The van der Waals surface area contributed by atoms with Crippen molar-refractivity contribution in [2.75, 3.05) is 31.6 Å². The molecule has 1 amide bonds. The molecule has 8 nitrogen and oxygen atoms in total. The smallest absolute Gasteiger partial charge is 0.407 e. The number of amides is 1. The highest BCUT2D eigenvalue weighted by atomic mass is 35.5. The van der Waals surface area contributed by atoms with E-state index in [0.29, 0.717) is 17.5 Å². The van der Waals surface area contributed by atoms with Crippen molar-refractivity contribution in [3.8, 4) is 0 Å². The Labute approximate surface area is 184 Å². The van der Waals surface area contributed by atoms with Gasteiger partial charge in [-0.1, -0.05) is 25.4 Å². The van der Waals surface area contributed by atoms with Gasteiger partial charge in [-0.15, -0.1) is 0 Å². The van der Waals surface area contributed by atoms with Crippen LogP contribution >= 0.6 is 11.6 Å². The van der Waals surface area contributed by atoms with Gasteiger partial charge in [-0.2, -0.15) is 0 Å². The normalized spacial score (nSPS) is 18.3. The van der Waals surface area contributed by atoms with E-state index in [1.165, 1.54) is 0 Å². The number of alkyl carbamates (subject to hydrolysis) is 1. The number of pyridine rings is 1.